The lowest BCUT2D eigenvalue weighted by Gasteiger charge is -2.40. The monoisotopic (exact) mass is 352 g/mol. The number of carboxylic acid groups (broad SMARTS) is 1. The van der Waals surface area contributed by atoms with Crippen molar-refractivity contribution in [1.29, 1.82) is 0 Å². The minimum absolute atomic E-state index is 0.114. The van der Waals surface area contributed by atoms with Crippen LogP contribution in [0.3, 0.4) is 0 Å². The molecule has 0 radical (unpaired) electrons. The zero-order valence-electron chi connectivity index (χ0n) is 14.2. The first-order chi connectivity index (χ1) is 11.6. The Balaban J connectivity index is 2.25. The van der Waals surface area contributed by atoms with Gasteiger partial charge >= 0.3 is 17.9 Å². The Kier molecular flexibility index (Phi) is 5.10. The van der Waals surface area contributed by atoms with Gasteiger partial charge in [-0.2, -0.15) is 0 Å². The fourth-order valence-electron chi connectivity index (χ4n) is 2.53. The molecule has 1 atom stereocenters. The molecule has 0 spiro atoms. The van der Waals surface area contributed by atoms with Crippen molar-refractivity contribution >= 4 is 23.6 Å². The molecule has 1 aromatic heterocycles. The van der Waals surface area contributed by atoms with Crippen LogP contribution < -0.4 is 4.90 Å². The topological polar surface area (TPSA) is 126 Å². The van der Waals surface area contributed by atoms with E-state index in [1.165, 1.54) is 28.1 Å². The second-order valence-corrected chi connectivity index (χ2v) is 6.58. The van der Waals surface area contributed by atoms with Crippen LogP contribution in [0.5, 0.6) is 0 Å². The van der Waals surface area contributed by atoms with Crippen molar-refractivity contribution in [1.82, 2.24) is 9.88 Å². The van der Waals surface area contributed by atoms with Crippen molar-refractivity contribution in [3.63, 3.8) is 0 Å². The summed E-state index contributed by atoms with van der Waals surface area (Å²) in [5.74, 6) is -1.61. The molecule has 1 unspecified atom stereocenters. The van der Waals surface area contributed by atoms with E-state index in [2.05, 4.69) is 4.98 Å². The van der Waals surface area contributed by atoms with Crippen LogP contribution in [0.15, 0.2) is 18.3 Å². The van der Waals surface area contributed by atoms with Gasteiger partial charge in [-0.1, -0.05) is 0 Å². The van der Waals surface area contributed by atoms with Gasteiger partial charge in [-0.3, -0.25) is 0 Å². The number of rotatable bonds is 3. The average Bonchev–Trinajstić information content (AvgIpc) is 2.52. The molecule has 1 aromatic rings. The smallest absolute Gasteiger partial charge is 0.410 e. The van der Waals surface area contributed by atoms with Crippen LogP contribution in [-0.4, -0.2) is 63.3 Å². The molecule has 25 heavy (non-hydrogen) atoms. The van der Waals surface area contributed by atoms with Crippen LogP contribution in [0.4, 0.5) is 16.3 Å². The number of nitro groups is 1. The number of ether oxygens (including phenoxy) is 1. The highest BCUT2D eigenvalue weighted by molar-refractivity contribution is 5.81. The summed E-state index contributed by atoms with van der Waals surface area (Å²) >= 11 is 0. The molecular formula is C15H20N4O6. The first-order valence-electron chi connectivity index (χ1n) is 7.67. The van der Waals surface area contributed by atoms with Crippen molar-refractivity contribution < 1.29 is 24.4 Å². The summed E-state index contributed by atoms with van der Waals surface area (Å²) < 4.78 is 5.26. The van der Waals surface area contributed by atoms with Crippen LogP contribution in [0.1, 0.15) is 20.8 Å². The minimum Gasteiger partial charge on any atom is -0.480 e. The maximum Gasteiger partial charge on any atom is 0.410 e. The Morgan fingerprint density at radius 3 is 2.64 bits per heavy atom. The van der Waals surface area contributed by atoms with Crippen LogP contribution in [0, 0.1) is 10.1 Å². The van der Waals surface area contributed by atoms with Gasteiger partial charge in [0.15, 0.2) is 0 Å². The fourth-order valence-corrected chi connectivity index (χ4v) is 2.53. The largest absolute Gasteiger partial charge is 0.480 e. The standard InChI is InChI=1S/C15H20N4O6/c1-15(2,3)25-14(22)17-7-8-18(11(9-17)13(20)21)10-5-4-6-16-12(10)19(23)24/h4-6,11H,7-9H2,1-3H3,(H,20,21). The zero-order chi connectivity index (χ0) is 18.8. The Hall–Kier alpha value is -2.91. The van der Waals surface area contributed by atoms with E-state index in [0.29, 0.717) is 0 Å². The van der Waals surface area contributed by atoms with Crippen molar-refractivity contribution in [3.8, 4) is 0 Å². The zero-order valence-corrected chi connectivity index (χ0v) is 14.2. The van der Waals surface area contributed by atoms with Crippen LogP contribution in [0.2, 0.25) is 0 Å². The Morgan fingerprint density at radius 2 is 2.08 bits per heavy atom. The van der Waals surface area contributed by atoms with Gasteiger partial charge in [-0.05, 0) is 42.8 Å². The van der Waals surface area contributed by atoms with Gasteiger partial charge in [0.2, 0.25) is 0 Å². The van der Waals surface area contributed by atoms with Crippen molar-refractivity contribution in [3.05, 3.63) is 28.4 Å². The molecule has 2 rings (SSSR count). The molecule has 10 heteroatoms. The van der Waals surface area contributed by atoms with Crippen molar-refractivity contribution in [2.75, 3.05) is 24.5 Å². The number of carbonyl (C=O) groups is 2. The lowest BCUT2D eigenvalue weighted by Crippen LogP contribution is -2.58. The third kappa shape index (κ3) is 4.34. The lowest BCUT2D eigenvalue weighted by atomic mass is 10.1. The number of hydrogen-bond donors (Lipinski definition) is 1. The summed E-state index contributed by atoms with van der Waals surface area (Å²) in [5, 5.41) is 20.7. The van der Waals surface area contributed by atoms with Crippen LogP contribution in [-0.2, 0) is 9.53 Å². The molecule has 2 heterocycles. The quantitative estimate of drug-likeness (QED) is 0.640. The summed E-state index contributed by atoms with van der Waals surface area (Å²) in [6, 6.07) is 1.82. The molecule has 1 saturated heterocycles. The minimum atomic E-state index is -1.19. The van der Waals surface area contributed by atoms with Gasteiger partial charge in [-0.15, -0.1) is 0 Å². The fraction of sp³-hybridized carbons (Fsp3) is 0.533. The summed E-state index contributed by atoms with van der Waals surface area (Å²) in [7, 11) is 0. The molecule has 0 aliphatic carbocycles. The van der Waals surface area contributed by atoms with E-state index in [1.807, 2.05) is 0 Å². The van der Waals surface area contributed by atoms with Crippen LogP contribution >= 0.6 is 0 Å². The number of hydrogen-bond acceptors (Lipinski definition) is 7. The molecule has 136 valence electrons. The van der Waals surface area contributed by atoms with Gasteiger partial charge in [0, 0.05) is 13.1 Å². The number of pyridine rings is 1. The SMILES string of the molecule is CC(C)(C)OC(=O)N1CCN(c2cccnc2[N+](=O)[O-])C(C(=O)O)C1. The van der Waals surface area contributed by atoms with Crippen molar-refractivity contribution in [2.45, 2.75) is 32.4 Å². The average molecular weight is 352 g/mol. The molecule has 1 fully saturated rings. The van der Waals surface area contributed by atoms with Gasteiger partial charge in [-0.25, -0.2) is 9.59 Å². The summed E-state index contributed by atoms with van der Waals surface area (Å²) in [4.78, 5) is 40.7. The number of aliphatic carboxylic acids is 1. The number of nitrogens with zero attached hydrogens (tertiary/aromatic N) is 4. The van der Waals surface area contributed by atoms with Crippen LogP contribution in [0.25, 0.3) is 0 Å². The number of aromatic nitrogens is 1. The normalized spacial score (nSPS) is 18.0. The molecule has 1 amide bonds. The highest BCUT2D eigenvalue weighted by Gasteiger charge is 2.38. The van der Waals surface area contributed by atoms with Gasteiger partial charge in [0.1, 0.15) is 23.5 Å². The number of piperazine rings is 1. The maximum absolute atomic E-state index is 12.2. The first kappa shape index (κ1) is 18.4. The van der Waals surface area contributed by atoms with Crippen molar-refractivity contribution in [2.24, 2.45) is 0 Å². The third-order valence-electron chi connectivity index (χ3n) is 3.57. The number of amides is 1. The summed E-state index contributed by atoms with van der Waals surface area (Å²) in [6.07, 6.45) is 0.660. The van der Waals surface area contributed by atoms with E-state index in [4.69, 9.17) is 4.74 Å². The predicted molar refractivity (Wildman–Crippen MR) is 87.5 cm³/mol. The maximum atomic E-state index is 12.2. The third-order valence-corrected chi connectivity index (χ3v) is 3.57. The number of anilines is 1. The lowest BCUT2D eigenvalue weighted by molar-refractivity contribution is -0.388. The number of carboxylic acids is 1. The van der Waals surface area contributed by atoms with E-state index in [0.717, 1.165) is 0 Å². The van der Waals surface area contributed by atoms with Gasteiger partial charge in [0.05, 0.1) is 6.54 Å². The molecule has 1 aliphatic heterocycles. The van der Waals surface area contributed by atoms with E-state index in [1.54, 1.807) is 20.8 Å². The van der Waals surface area contributed by atoms with Gasteiger partial charge in [0.25, 0.3) is 0 Å². The van der Waals surface area contributed by atoms with Gasteiger partial charge < -0.3 is 29.8 Å². The molecule has 10 nitrogen and oxygen atoms in total. The first-order valence-corrected chi connectivity index (χ1v) is 7.67. The highest BCUT2D eigenvalue weighted by atomic mass is 16.6. The molecule has 0 saturated carbocycles. The van der Waals surface area contributed by atoms with E-state index >= 15 is 0 Å². The second kappa shape index (κ2) is 6.91. The second-order valence-electron chi connectivity index (χ2n) is 6.58. The molecule has 1 aliphatic rings. The Morgan fingerprint density at radius 1 is 1.40 bits per heavy atom. The summed E-state index contributed by atoms with van der Waals surface area (Å²) in [5.41, 5.74) is -0.585. The Bertz CT molecular complexity index is 687. The highest BCUT2D eigenvalue weighted by Crippen LogP contribution is 2.29. The Labute approximate surface area is 144 Å². The molecular weight excluding hydrogens is 332 g/mol. The molecule has 0 bridgehead atoms. The number of carbonyl (C=O) groups excluding carboxylic acids is 1. The summed E-state index contributed by atoms with van der Waals surface area (Å²) in [6.45, 7) is 5.31. The molecule has 0 aromatic carbocycles. The molecule has 1 N–H and O–H groups in total. The van der Waals surface area contributed by atoms with E-state index in [9.17, 15) is 24.8 Å². The predicted octanol–water partition coefficient (Wildman–Crippen LogP) is 1.50. The van der Waals surface area contributed by atoms with E-state index in [-0.39, 0.29) is 25.3 Å². The van der Waals surface area contributed by atoms with E-state index < -0.39 is 34.4 Å².